The molecule has 2 saturated heterocycles. The van der Waals surface area contributed by atoms with Crippen LogP contribution in [0.25, 0.3) is 0 Å². The number of ether oxygens (including phenoxy) is 1. The van der Waals surface area contributed by atoms with Crippen LogP contribution in [0.15, 0.2) is 0 Å². The van der Waals surface area contributed by atoms with Crippen LogP contribution in [0.5, 0.6) is 0 Å². The Morgan fingerprint density at radius 1 is 1.33 bits per heavy atom. The highest BCUT2D eigenvalue weighted by molar-refractivity contribution is 4.81. The average Bonchev–Trinajstić information content (AvgIpc) is 2.77. The van der Waals surface area contributed by atoms with E-state index < -0.39 is 0 Å². The van der Waals surface area contributed by atoms with Gasteiger partial charge in [0.2, 0.25) is 0 Å². The maximum absolute atomic E-state index is 5.42. The van der Waals surface area contributed by atoms with Crippen molar-refractivity contribution in [1.82, 2.24) is 5.32 Å². The second-order valence-corrected chi connectivity index (χ2v) is 4.24. The van der Waals surface area contributed by atoms with Crippen LogP contribution in [0, 0.1) is 17.8 Å². The van der Waals surface area contributed by atoms with E-state index in [0.29, 0.717) is 0 Å². The molecule has 0 aliphatic carbocycles. The van der Waals surface area contributed by atoms with Crippen molar-refractivity contribution >= 4 is 0 Å². The van der Waals surface area contributed by atoms with E-state index in [-0.39, 0.29) is 0 Å². The Morgan fingerprint density at radius 2 is 2.25 bits per heavy atom. The van der Waals surface area contributed by atoms with E-state index in [4.69, 9.17) is 4.74 Å². The molecule has 2 heteroatoms. The molecule has 3 unspecified atom stereocenters. The van der Waals surface area contributed by atoms with Crippen molar-refractivity contribution in [3.8, 4) is 0 Å². The van der Waals surface area contributed by atoms with Gasteiger partial charge in [0.15, 0.2) is 0 Å². The molecule has 1 N–H and O–H groups in total. The molecule has 0 saturated carbocycles. The molecule has 0 spiro atoms. The summed E-state index contributed by atoms with van der Waals surface area (Å²) in [7, 11) is 0. The Hall–Kier alpha value is -0.0800. The highest BCUT2D eigenvalue weighted by atomic mass is 16.5. The summed E-state index contributed by atoms with van der Waals surface area (Å²) in [4.78, 5) is 0. The van der Waals surface area contributed by atoms with E-state index in [1.165, 1.54) is 25.9 Å². The van der Waals surface area contributed by atoms with Crippen molar-refractivity contribution in [2.75, 3.05) is 26.3 Å². The fourth-order valence-corrected chi connectivity index (χ4v) is 2.48. The molecule has 12 heavy (non-hydrogen) atoms. The number of nitrogens with one attached hydrogen (secondary N) is 1. The first-order chi connectivity index (χ1) is 5.88. The van der Waals surface area contributed by atoms with Crippen molar-refractivity contribution in [2.24, 2.45) is 17.8 Å². The van der Waals surface area contributed by atoms with Crippen LogP contribution in [-0.4, -0.2) is 26.3 Å². The Balaban J connectivity index is 1.84. The topological polar surface area (TPSA) is 21.3 Å². The van der Waals surface area contributed by atoms with Crippen LogP contribution >= 0.6 is 0 Å². The Kier molecular flexibility index (Phi) is 2.66. The predicted octanol–water partition coefficient (Wildman–Crippen LogP) is 1.27. The van der Waals surface area contributed by atoms with E-state index in [1.807, 2.05) is 0 Å². The third-order valence-electron chi connectivity index (χ3n) is 3.55. The summed E-state index contributed by atoms with van der Waals surface area (Å²) < 4.78 is 5.42. The van der Waals surface area contributed by atoms with Gasteiger partial charge in [0.05, 0.1) is 0 Å². The molecule has 0 radical (unpaired) electrons. The molecule has 2 rings (SSSR count). The summed E-state index contributed by atoms with van der Waals surface area (Å²) in [5.74, 6) is 2.62. The second-order valence-electron chi connectivity index (χ2n) is 4.24. The summed E-state index contributed by atoms with van der Waals surface area (Å²) in [6.07, 6.45) is 2.66. The Bertz CT molecular complexity index is 121. The lowest BCUT2D eigenvalue weighted by molar-refractivity contribution is 0.162. The quantitative estimate of drug-likeness (QED) is 0.672. The van der Waals surface area contributed by atoms with E-state index in [1.54, 1.807) is 0 Å². The third-order valence-corrected chi connectivity index (χ3v) is 3.55. The van der Waals surface area contributed by atoms with Crippen molar-refractivity contribution in [3.63, 3.8) is 0 Å². The summed E-state index contributed by atoms with van der Waals surface area (Å²) in [6.45, 7) is 6.87. The molecule has 70 valence electrons. The largest absolute Gasteiger partial charge is 0.381 e. The molecule has 3 atom stereocenters. The number of hydrogen-bond donors (Lipinski definition) is 1. The van der Waals surface area contributed by atoms with Crippen LogP contribution in [-0.2, 0) is 4.74 Å². The van der Waals surface area contributed by atoms with E-state index in [0.717, 1.165) is 31.0 Å². The Morgan fingerprint density at radius 3 is 2.83 bits per heavy atom. The lowest BCUT2D eigenvalue weighted by Gasteiger charge is -2.23. The Labute approximate surface area is 74.7 Å². The van der Waals surface area contributed by atoms with Gasteiger partial charge in [-0.05, 0) is 43.7 Å². The normalized spacial score (nSPS) is 38.8. The maximum Gasteiger partial charge on any atom is 0.0497 e. The maximum atomic E-state index is 5.42. The van der Waals surface area contributed by atoms with Gasteiger partial charge in [-0.3, -0.25) is 0 Å². The molecule has 2 nitrogen and oxygen atoms in total. The van der Waals surface area contributed by atoms with Crippen LogP contribution in [0.4, 0.5) is 0 Å². The highest BCUT2D eigenvalue weighted by Crippen LogP contribution is 2.30. The molecular weight excluding hydrogens is 150 g/mol. The van der Waals surface area contributed by atoms with Crippen LogP contribution in [0.2, 0.25) is 0 Å². The van der Waals surface area contributed by atoms with Crippen molar-refractivity contribution < 1.29 is 4.74 Å². The molecule has 0 amide bonds. The molecule has 2 heterocycles. The van der Waals surface area contributed by atoms with E-state index in [9.17, 15) is 0 Å². The second kappa shape index (κ2) is 3.75. The van der Waals surface area contributed by atoms with Gasteiger partial charge in [-0.15, -0.1) is 0 Å². The summed E-state index contributed by atoms with van der Waals surface area (Å²) in [6, 6.07) is 0. The van der Waals surface area contributed by atoms with Gasteiger partial charge in [-0.2, -0.15) is 0 Å². The first-order valence-corrected chi connectivity index (χ1v) is 5.16. The van der Waals surface area contributed by atoms with Crippen LogP contribution < -0.4 is 5.32 Å². The minimum absolute atomic E-state index is 0.842. The van der Waals surface area contributed by atoms with Crippen molar-refractivity contribution in [3.05, 3.63) is 0 Å². The van der Waals surface area contributed by atoms with Gasteiger partial charge in [0.25, 0.3) is 0 Å². The number of rotatable bonds is 2. The van der Waals surface area contributed by atoms with Gasteiger partial charge < -0.3 is 10.1 Å². The predicted molar refractivity (Wildman–Crippen MR) is 49.1 cm³/mol. The van der Waals surface area contributed by atoms with Gasteiger partial charge in [-0.25, -0.2) is 0 Å². The summed E-state index contributed by atoms with van der Waals surface area (Å²) in [5, 5.41) is 3.44. The minimum atomic E-state index is 0.842. The van der Waals surface area contributed by atoms with E-state index in [2.05, 4.69) is 12.2 Å². The van der Waals surface area contributed by atoms with Crippen LogP contribution in [0.3, 0.4) is 0 Å². The molecule has 2 aliphatic rings. The van der Waals surface area contributed by atoms with Gasteiger partial charge in [0.1, 0.15) is 0 Å². The van der Waals surface area contributed by atoms with Gasteiger partial charge in [0, 0.05) is 13.2 Å². The van der Waals surface area contributed by atoms with Gasteiger partial charge >= 0.3 is 0 Å². The van der Waals surface area contributed by atoms with Gasteiger partial charge in [-0.1, -0.05) is 6.92 Å². The lowest BCUT2D eigenvalue weighted by Crippen LogP contribution is -2.23. The van der Waals surface area contributed by atoms with Crippen LogP contribution in [0.1, 0.15) is 19.8 Å². The number of hydrogen-bond acceptors (Lipinski definition) is 2. The molecule has 0 aromatic heterocycles. The SMILES string of the molecule is CC(C1CCNC1)C1CCOC1. The smallest absolute Gasteiger partial charge is 0.0497 e. The zero-order valence-corrected chi connectivity index (χ0v) is 7.88. The fourth-order valence-electron chi connectivity index (χ4n) is 2.48. The average molecular weight is 169 g/mol. The molecule has 0 bridgehead atoms. The summed E-state index contributed by atoms with van der Waals surface area (Å²) >= 11 is 0. The minimum Gasteiger partial charge on any atom is -0.381 e. The first kappa shape index (κ1) is 8.52. The molecule has 0 aromatic carbocycles. The zero-order valence-electron chi connectivity index (χ0n) is 7.88. The third kappa shape index (κ3) is 1.64. The zero-order chi connectivity index (χ0) is 8.39. The van der Waals surface area contributed by atoms with Crippen molar-refractivity contribution in [2.45, 2.75) is 19.8 Å². The standard InChI is InChI=1S/C10H19NO/c1-8(9-2-4-11-6-9)10-3-5-12-7-10/h8-11H,2-7H2,1H3. The molecular formula is C10H19NO. The molecule has 0 aromatic rings. The van der Waals surface area contributed by atoms with E-state index >= 15 is 0 Å². The summed E-state index contributed by atoms with van der Waals surface area (Å²) in [5.41, 5.74) is 0. The van der Waals surface area contributed by atoms with Crippen molar-refractivity contribution in [1.29, 1.82) is 0 Å². The fraction of sp³-hybridized carbons (Fsp3) is 1.00. The highest BCUT2D eigenvalue weighted by Gasteiger charge is 2.30. The molecule has 2 aliphatic heterocycles. The lowest BCUT2D eigenvalue weighted by atomic mass is 9.82. The first-order valence-electron chi connectivity index (χ1n) is 5.16. The monoisotopic (exact) mass is 169 g/mol. The molecule has 2 fully saturated rings.